The second kappa shape index (κ2) is 7.50. The molecular weight excluding hydrogens is 248 g/mol. The molecule has 0 aliphatic carbocycles. The number of amides is 2. The van der Waals surface area contributed by atoms with E-state index in [0.717, 1.165) is 0 Å². The number of methoxy groups -OCH3 is 2. The van der Waals surface area contributed by atoms with E-state index in [1.165, 1.54) is 21.1 Å². The van der Waals surface area contributed by atoms with Crippen molar-refractivity contribution in [1.29, 1.82) is 0 Å². The zero-order valence-electron chi connectivity index (χ0n) is 11.2. The Morgan fingerprint density at radius 2 is 1.95 bits per heavy atom. The fourth-order valence-corrected chi connectivity index (χ4v) is 1.43. The van der Waals surface area contributed by atoms with E-state index in [1.807, 2.05) is 0 Å². The molecule has 0 unspecified atom stereocenters. The van der Waals surface area contributed by atoms with Crippen molar-refractivity contribution < 1.29 is 19.1 Å². The SMILES string of the molecule is COC(CNC(=O)Nc1cccc(C(C)=O)c1)OC. The summed E-state index contributed by atoms with van der Waals surface area (Å²) in [7, 11) is 2.98. The van der Waals surface area contributed by atoms with E-state index in [1.54, 1.807) is 24.3 Å². The number of carbonyl (C=O) groups excluding carboxylic acids is 2. The summed E-state index contributed by atoms with van der Waals surface area (Å²) in [6.07, 6.45) is -0.491. The second-order valence-electron chi connectivity index (χ2n) is 3.87. The van der Waals surface area contributed by atoms with Gasteiger partial charge in [0.05, 0.1) is 6.54 Å². The van der Waals surface area contributed by atoms with Gasteiger partial charge in [-0.05, 0) is 19.1 Å². The number of urea groups is 1. The third-order valence-electron chi connectivity index (χ3n) is 2.48. The van der Waals surface area contributed by atoms with Crippen molar-refractivity contribution in [3.05, 3.63) is 29.8 Å². The molecule has 0 saturated carbocycles. The van der Waals surface area contributed by atoms with Gasteiger partial charge in [-0.1, -0.05) is 12.1 Å². The van der Waals surface area contributed by atoms with Gasteiger partial charge in [0.25, 0.3) is 0 Å². The predicted octanol–water partition coefficient (Wildman–Crippen LogP) is 1.63. The molecule has 0 aliphatic heterocycles. The molecule has 0 atom stereocenters. The molecule has 6 nitrogen and oxygen atoms in total. The van der Waals surface area contributed by atoms with Crippen LogP contribution < -0.4 is 10.6 Å². The summed E-state index contributed by atoms with van der Waals surface area (Å²) < 4.78 is 9.88. The monoisotopic (exact) mass is 266 g/mol. The Morgan fingerprint density at radius 1 is 1.26 bits per heavy atom. The van der Waals surface area contributed by atoms with Gasteiger partial charge in [-0.25, -0.2) is 4.79 Å². The Bertz CT molecular complexity index is 444. The maximum Gasteiger partial charge on any atom is 0.319 e. The van der Waals surface area contributed by atoms with Gasteiger partial charge >= 0.3 is 6.03 Å². The highest BCUT2D eigenvalue weighted by atomic mass is 16.7. The molecule has 1 aromatic carbocycles. The van der Waals surface area contributed by atoms with Crippen LogP contribution in [0.1, 0.15) is 17.3 Å². The molecule has 0 bridgehead atoms. The highest BCUT2D eigenvalue weighted by molar-refractivity contribution is 5.96. The van der Waals surface area contributed by atoms with E-state index in [2.05, 4.69) is 10.6 Å². The first kappa shape index (κ1) is 15.1. The van der Waals surface area contributed by atoms with Crippen LogP contribution in [0.3, 0.4) is 0 Å². The molecule has 0 aliphatic rings. The highest BCUT2D eigenvalue weighted by Crippen LogP contribution is 2.10. The topological polar surface area (TPSA) is 76.7 Å². The number of rotatable bonds is 6. The number of ketones is 1. The number of Topliss-reactive ketones (excluding diaryl/α,β-unsaturated/α-hetero) is 1. The Balaban J connectivity index is 2.52. The summed E-state index contributed by atoms with van der Waals surface area (Å²) in [4.78, 5) is 22.8. The van der Waals surface area contributed by atoms with Crippen molar-refractivity contribution in [2.75, 3.05) is 26.1 Å². The first-order valence-corrected chi connectivity index (χ1v) is 5.78. The Morgan fingerprint density at radius 3 is 2.53 bits per heavy atom. The van der Waals surface area contributed by atoms with Crippen LogP contribution >= 0.6 is 0 Å². The van der Waals surface area contributed by atoms with Crippen LogP contribution in [0.2, 0.25) is 0 Å². The number of ether oxygens (including phenoxy) is 2. The molecule has 0 saturated heterocycles. The average molecular weight is 266 g/mol. The van der Waals surface area contributed by atoms with Crippen LogP contribution in [0.4, 0.5) is 10.5 Å². The lowest BCUT2D eigenvalue weighted by Gasteiger charge is -2.14. The molecule has 2 N–H and O–H groups in total. The molecule has 0 fully saturated rings. The van der Waals surface area contributed by atoms with Crippen LogP contribution in [-0.2, 0) is 9.47 Å². The molecule has 0 radical (unpaired) electrons. The molecule has 6 heteroatoms. The molecule has 0 spiro atoms. The largest absolute Gasteiger partial charge is 0.354 e. The lowest BCUT2D eigenvalue weighted by atomic mass is 10.1. The van der Waals surface area contributed by atoms with E-state index < -0.39 is 6.29 Å². The van der Waals surface area contributed by atoms with E-state index >= 15 is 0 Å². The van der Waals surface area contributed by atoms with Crippen LogP contribution in [0.15, 0.2) is 24.3 Å². The molecule has 1 aromatic rings. The van der Waals surface area contributed by atoms with Crippen molar-refractivity contribution in [2.24, 2.45) is 0 Å². The van der Waals surface area contributed by atoms with Crippen molar-refractivity contribution in [2.45, 2.75) is 13.2 Å². The molecule has 0 heterocycles. The third kappa shape index (κ3) is 5.07. The van der Waals surface area contributed by atoms with Crippen molar-refractivity contribution in [3.63, 3.8) is 0 Å². The first-order chi connectivity index (χ1) is 9.06. The van der Waals surface area contributed by atoms with E-state index in [4.69, 9.17) is 9.47 Å². The summed E-state index contributed by atoms with van der Waals surface area (Å²) in [6, 6.07) is 6.33. The van der Waals surface area contributed by atoms with Crippen molar-refractivity contribution in [3.8, 4) is 0 Å². The van der Waals surface area contributed by atoms with Gasteiger partial charge in [0.2, 0.25) is 0 Å². The molecule has 1 rings (SSSR count). The predicted molar refractivity (Wildman–Crippen MR) is 71.3 cm³/mol. The Kier molecular flexibility index (Phi) is 5.98. The Hall–Kier alpha value is -1.92. The minimum atomic E-state index is -0.491. The van der Waals surface area contributed by atoms with Crippen LogP contribution in [-0.4, -0.2) is 38.9 Å². The van der Waals surface area contributed by atoms with Crippen LogP contribution in [0.25, 0.3) is 0 Å². The van der Waals surface area contributed by atoms with Gasteiger partial charge in [-0.3, -0.25) is 4.79 Å². The zero-order valence-corrected chi connectivity index (χ0v) is 11.2. The number of nitrogens with one attached hydrogen (secondary N) is 2. The number of hydrogen-bond donors (Lipinski definition) is 2. The fourth-order valence-electron chi connectivity index (χ4n) is 1.43. The summed E-state index contributed by atoms with van der Waals surface area (Å²) in [5, 5.41) is 5.22. The molecule has 19 heavy (non-hydrogen) atoms. The van der Waals surface area contributed by atoms with Gasteiger partial charge < -0.3 is 20.1 Å². The first-order valence-electron chi connectivity index (χ1n) is 5.78. The molecule has 0 aromatic heterocycles. The van der Waals surface area contributed by atoms with Crippen molar-refractivity contribution >= 4 is 17.5 Å². The fraction of sp³-hybridized carbons (Fsp3) is 0.385. The maximum atomic E-state index is 11.6. The lowest BCUT2D eigenvalue weighted by Crippen LogP contribution is -2.36. The highest BCUT2D eigenvalue weighted by Gasteiger charge is 2.08. The van der Waals surface area contributed by atoms with Gasteiger partial charge in [-0.2, -0.15) is 0 Å². The van der Waals surface area contributed by atoms with Gasteiger partial charge in [-0.15, -0.1) is 0 Å². The third-order valence-corrected chi connectivity index (χ3v) is 2.48. The summed E-state index contributed by atoms with van der Waals surface area (Å²) in [5.41, 5.74) is 1.10. The van der Waals surface area contributed by atoms with E-state index in [9.17, 15) is 9.59 Å². The number of anilines is 1. The zero-order chi connectivity index (χ0) is 14.3. The number of benzene rings is 1. The molecule has 2 amide bonds. The van der Waals surface area contributed by atoms with E-state index in [-0.39, 0.29) is 18.4 Å². The summed E-state index contributed by atoms with van der Waals surface area (Å²) in [6.45, 7) is 1.70. The number of hydrogen-bond acceptors (Lipinski definition) is 4. The van der Waals surface area contributed by atoms with Crippen LogP contribution in [0.5, 0.6) is 0 Å². The average Bonchev–Trinajstić information content (AvgIpc) is 2.40. The smallest absolute Gasteiger partial charge is 0.319 e. The van der Waals surface area contributed by atoms with Crippen molar-refractivity contribution in [1.82, 2.24) is 5.32 Å². The standard InChI is InChI=1S/C13H18N2O4/c1-9(16)10-5-4-6-11(7-10)15-13(17)14-8-12(18-2)19-3/h4-7,12H,8H2,1-3H3,(H2,14,15,17). The minimum absolute atomic E-state index is 0.0529. The van der Waals surface area contributed by atoms with Gasteiger partial charge in [0, 0.05) is 25.5 Å². The summed E-state index contributed by atoms with van der Waals surface area (Å²) >= 11 is 0. The van der Waals surface area contributed by atoms with Crippen LogP contribution in [0, 0.1) is 0 Å². The molecular formula is C13H18N2O4. The quantitative estimate of drug-likeness (QED) is 0.606. The number of carbonyl (C=O) groups is 2. The maximum absolute atomic E-state index is 11.6. The Labute approximate surface area is 112 Å². The summed E-state index contributed by atoms with van der Waals surface area (Å²) in [5.74, 6) is -0.0529. The lowest BCUT2D eigenvalue weighted by molar-refractivity contribution is -0.0970. The minimum Gasteiger partial charge on any atom is -0.354 e. The molecule has 104 valence electrons. The van der Waals surface area contributed by atoms with Gasteiger partial charge in [0.15, 0.2) is 12.1 Å². The normalized spacial score (nSPS) is 10.3. The van der Waals surface area contributed by atoms with E-state index in [0.29, 0.717) is 11.3 Å². The van der Waals surface area contributed by atoms with Gasteiger partial charge in [0.1, 0.15) is 0 Å². The second-order valence-corrected chi connectivity index (χ2v) is 3.87.